The van der Waals surface area contributed by atoms with Crippen LogP contribution in [0.4, 0.5) is 0 Å². The first kappa shape index (κ1) is 31.1. The fourth-order valence-corrected chi connectivity index (χ4v) is 8.11. The van der Waals surface area contributed by atoms with Gasteiger partial charge in [0.15, 0.2) is 17.5 Å². The molecule has 9 aromatic carbocycles. The molecule has 55 heavy (non-hydrogen) atoms. The second-order valence-electron chi connectivity index (χ2n) is 13.9. The van der Waals surface area contributed by atoms with Crippen LogP contribution in [0.5, 0.6) is 0 Å². The van der Waals surface area contributed by atoms with Gasteiger partial charge in [0.05, 0.1) is 5.56 Å². The van der Waals surface area contributed by atoms with E-state index in [2.05, 4.69) is 146 Å². The summed E-state index contributed by atoms with van der Waals surface area (Å²) in [5, 5.41) is 9.34. The van der Waals surface area contributed by atoms with E-state index >= 15 is 0 Å². The van der Waals surface area contributed by atoms with Crippen LogP contribution in [-0.4, -0.2) is 15.0 Å². The average molecular weight is 702 g/mol. The van der Waals surface area contributed by atoms with Crippen molar-refractivity contribution in [3.05, 3.63) is 188 Å². The lowest BCUT2D eigenvalue weighted by Crippen LogP contribution is -2.00. The third kappa shape index (κ3) is 5.19. The zero-order valence-corrected chi connectivity index (χ0v) is 29.6. The van der Waals surface area contributed by atoms with Gasteiger partial charge in [-0.05, 0) is 67.2 Å². The van der Waals surface area contributed by atoms with Gasteiger partial charge in [-0.25, -0.2) is 15.0 Å². The van der Waals surface area contributed by atoms with E-state index in [1.165, 1.54) is 37.9 Å². The molecule has 0 atom stereocenters. The lowest BCUT2D eigenvalue weighted by atomic mass is 9.93. The second kappa shape index (κ2) is 12.6. The zero-order valence-electron chi connectivity index (χ0n) is 29.6. The Bertz CT molecular complexity index is 3220. The molecule has 11 aromatic rings. The molecule has 0 fully saturated rings. The first-order valence-electron chi connectivity index (χ1n) is 18.5. The Morgan fingerprint density at radius 2 is 0.709 bits per heavy atom. The summed E-state index contributed by atoms with van der Waals surface area (Å²) in [6.45, 7) is 0. The minimum atomic E-state index is 0.560. The van der Waals surface area contributed by atoms with Crippen molar-refractivity contribution in [2.24, 2.45) is 0 Å². The van der Waals surface area contributed by atoms with Crippen LogP contribution in [0, 0.1) is 0 Å². The van der Waals surface area contributed by atoms with Gasteiger partial charge in [-0.15, -0.1) is 0 Å². The molecule has 0 bridgehead atoms. The lowest BCUT2D eigenvalue weighted by Gasteiger charge is -2.12. The summed E-state index contributed by atoms with van der Waals surface area (Å²) in [4.78, 5) is 15.4. The molecule has 11 rings (SSSR count). The first-order chi connectivity index (χ1) is 27.3. The molecule has 4 heteroatoms. The number of furan rings is 1. The van der Waals surface area contributed by atoms with Gasteiger partial charge in [-0.3, -0.25) is 0 Å². The number of hydrogen-bond acceptors (Lipinski definition) is 4. The largest absolute Gasteiger partial charge is 0.455 e. The number of hydrogen-bond donors (Lipinski definition) is 0. The zero-order chi connectivity index (χ0) is 36.3. The topological polar surface area (TPSA) is 51.8 Å². The van der Waals surface area contributed by atoms with Crippen LogP contribution >= 0.6 is 0 Å². The summed E-state index contributed by atoms with van der Waals surface area (Å²) in [5.41, 5.74) is 8.71. The number of fused-ring (bicyclic) bond motifs is 9. The molecule has 2 aromatic heterocycles. The Morgan fingerprint density at radius 3 is 1.38 bits per heavy atom. The Labute approximate surface area is 317 Å². The van der Waals surface area contributed by atoms with E-state index in [4.69, 9.17) is 19.4 Å². The minimum Gasteiger partial charge on any atom is -0.455 e. The third-order valence-corrected chi connectivity index (χ3v) is 10.7. The van der Waals surface area contributed by atoms with E-state index in [1.54, 1.807) is 0 Å². The predicted octanol–water partition coefficient (Wildman–Crippen LogP) is 13.6. The summed E-state index contributed by atoms with van der Waals surface area (Å²) in [5.74, 6) is 1.77. The van der Waals surface area contributed by atoms with Crippen LogP contribution in [0.15, 0.2) is 192 Å². The van der Waals surface area contributed by atoms with Crippen molar-refractivity contribution in [1.82, 2.24) is 15.0 Å². The molecule has 4 nitrogen and oxygen atoms in total. The van der Waals surface area contributed by atoms with Gasteiger partial charge < -0.3 is 4.42 Å². The van der Waals surface area contributed by atoms with Gasteiger partial charge in [-0.1, -0.05) is 170 Å². The monoisotopic (exact) mass is 701 g/mol. The lowest BCUT2D eigenvalue weighted by molar-refractivity contribution is 0.670. The van der Waals surface area contributed by atoms with Crippen molar-refractivity contribution < 1.29 is 4.42 Å². The standard InChI is InChI=1S/C51H31N3O/c1-3-14-32(15-4-1)34-18-11-19-35(30-34)37-24-12-25-43-44-26-13-27-45(48(44)55-47(37)43)51-53-49(33-16-5-2-6-17-33)52-50(54-51)36-28-29-42-40-22-8-7-20-38(40)39-21-9-10-23-41(39)46(42)31-36/h1-31H. The molecule has 0 amide bonds. The van der Waals surface area contributed by atoms with Crippen molar-refractivity contribution in [2.75, 3.05) is 0 Å². The summed E-state index contributed by atoms with van der Waals surface area (Å²) >= 11 is 0. The van der Waals surface area contributed by atoms with Crippen LogP contribution in [-0.2, 0) is 0 Å². The van der Waals surface area contributed by atoms with Crippen molar-refractivity contribution in [2.45, 2.75) is 0 Å². The highest BCUT2D eigenvalue weighted by molar-refractivity contribution is 6.25. The number of benzene rings is 9. The van der Waals surface area contributed by atoms with E-state index in [1.807, 2.05) is 42.5 Å². The SMILES string of the molecule is c1ccc(-c2cccc(-c3cccc4c3oc3c(-c5nc(-c6ccccc6)nc(-c6ccc7c8ccccc8c8ccccc8c7c6)n5)cccc34)c2)cc1. The number of para-hydroxylation sites is 2. The Morgan fingerprint density at radius 1 is 0.255 bits per heavy atom. The molecule has 256 valence electrons. The second-order valence-corrected chi connectivity index (χ2v) is 13.9. The first-order valence-corrected chi connectivity index (χ1v) is 18.5. The minimum absolute atomic E-state index is 0.560. The number of rotatable bonds is 5. The maximum Gasteiger partial charge on any atom is 0.167 e. The molecule has 0 N–H and O–H groups in total. The van der Waals surface area contributed by atoms with Crippen LogP contribution in [0.1, 0.15) is 0 Å². The number of nitrogens with zero attached hydrogens (tertiary/aromatic N) is 3. The number of aromatic nitrogens is 3. The summed E-state index contributed by atoms with van der Waals surface area (Å²) < 4.78 is 6.91. The maximum atomic E-state index is 6.91. The fourth-order valence-electron chi connectivity index (χ4n) is 8.11. The Kier molecular flexibility index (Phi) is 7.14. The van der Waals surface area contributed by atoms with Crippen LogP contribution in [0.2, 0.25) is 0 Å². The maximum absolute atomic E-state index is 6.91. The van der Waals surface area contributed by atoms with Gasteiger partial charge in [0.25, 0.3) is 0 Å². The van der Waals surface area contributed by atoms with Gasteiger partial charge in [0, 0.05) is 27.5 Å². The molecule has 0 aliphatic carbocycles. The highest BCUT2D eigenvalue weighted by Gasteiger charge is 2.20. The van der Waals surface area contributed by atoms with Crippen molar-refractivity contribution in [1.29, 1.82) is 0 Å². The van der Waals surface area contributed by atoms with Crippen LogP contribution in [0.25, 0.3) is 111 Å². The molecule has 0 aliphatic rings. The van der Waals surface area contributed by atoms with Gasteiger partial charge in [-0.2, -0.15) is 0 Å². The van der Waals surface area contributed by atoms with Crippen LogP contribution in [0.3, 0.4) is 0 Å². The molecule has 0 saturated heterocycles. The van der Waals surface area contributed by atoms with Gasteiger partial charge >= 0.3 is 0 Å². The highest BCUT2D eigenvalue weighted by Crippen LogP contribution is 2.41. The van der Waals surface area contributed by atoms with E-state index < -0.39 is 0 Å². The Balaban J connectivity index is 1.11. The van der Waals surface area contributed by atoms with Crippen molar-refractivity contribution in [3.8, 4) is 56.4 Å². The molecule has 0 spiro atoms. The quantitative estimate of drug-likeness (QED) is 0.168. The van der Waals surface area contributed by atoms with E-state index in [0.29, 0.717) is 17.5 Å². The van der Waals surface area contributed by atoms with Gasteiger partial charge in [0.1, 0.15) is 11.2 Å². The smallest absolute Gasteiger partial charge is 0.167 e. The van der Waals surface area contributed by atoms with E-state index in [-0.39, 0.29) is 0 Å². The van der Waals surface area contributed by atoms with E-state index in [0.717, 1.165) is 55.3 Å². The van der Waals surface area contributed by atoms with E-state index in [9.17, 15) is 0 Å². The van der Waals surface area contributed by atoms with Crippen molar-refractivity contribution in [3.63, 3.8) is 0 Å². The molecule has 0 radical (unpaired) electrons. The normalized spacial score (nSPS) is 11.6. The molecule has 0 aliphatic heterocycles. The van der Waals surface area contributed by atoms with Gasteiger partial charge in [0.2, 0.25) is 0 Å². The van der Waals surface area contributed by atoms with Crippen molar-refractivity contribution >= 4 is 54.3 Å². The summed E-state index contributed by atoms with van der Waals surface area (Å²) in [7, 11) is 0. The Hall–Kier alpha value is -7.43. The predicted molar refractivity (Wildman–Crippen MR) is 227 cm³/mol. The molecule has 0 unspecified atom stereocenters. The molecular formula is C51H31N3O. The third-order valence-electron chi connectivity index (χ3n) is 10.7. The van der Waals surface area contributed by atoms with Crippen LogP contribution < -0.4 is 0 Å². The summed E-state index contributed by atoms with van der Waals surface area (Å²) in [6.07, 6.45) is 0. The molecule has 2 heterocycles. The molecular weight excluding hydrogens is 671 g/mol. The molecule has 0 saturated carbocycles. The average Bonchev–Trinajstić information content (AvgIpc) is 3.66. The highest BCUT2D eigenvalue weighted by atomic mass is 16.3. The fraction of sp³-hybridized carbons (Fsp3) is 0. The summed E-state index contributed by atoms with van der Waals surface area (Å²) in [6, 6.07) is 65.7.